The molecule has 0 aromatic heterocycles. The van der Waals surface area contributed by atoms with E-state index in [4.69, 9.17) is 16.3 Å². The largest absolute Gasteiger partial charge is 0.355 e. The Bertz CT molecular complexity index is 444. The van der Waals surface area contributed by atoms with E-state index < -0.39 is 5.72 Å². The summed E-state index contributed by atoms with van der Waals surface area (Å²) in [6.07, 6.45) is 2.35. The van der Waals surface area contributed by atoms with Gasteiger partial charge in [0.15, 0.2) is 0 Å². The lowest BCUT2D eigenvalue weighted by molar-refractivity contribution is -0.125. The maximum atomic E-state index is 12.2. The van der Waals surface area contributed by atoms with Crippen LogP contribution in [-0.2, 0) is 9.53 Å². The lowest BCUT2D eigenvalue weighted by Crippen LogP contribution is -2.53. The van der Waals surface area contributed by atoms with E-state index in [1.165, 1.54) is 0 Å². The van der Waals surface area contributed by atoms with Crippen LogP contribution < -0.4 is 4.90 Å². The van der Waals surface area contributed by atoms with Gasteiger partial charge in [-0.3, -0.25) is 9.69 Å². The Morgan fingerprint density at radius 3 is 2.30 bits per heavy atom. The standard InChI is InChI=1S/C16H24ClNO2/c1-5-12-20-16(6-2,7-3)18(13(4)19)15-11-9-8-10-14(15)17/h8-11H,5-7,12H2,1-4H3. The number of rotatable bonds is 7. The number of benzene rings is 1. The first-order chi connectivity index (χ1) is 9.52. The van der Waals surface area contributed by atoms with Gasteiger partial charge >= 0.3 is 0 Å². The number of para-hydroxylation sites is 1. The van der Waals surface area contributed by atoms with Gasteiger partial charge in [0.1, 0.15) is 5.72 Å². The minimum atomic E-state index is -0.632. The molecule has 0 radical (unpaired) electrons. The summed E-state index contributed by atoms with van der Waals surface area (Å²) in [5.74, 6) is -0.0575. The predicted molar refractivity (Wildman–Crippen MR) is 84.2 cm³/mol. The fraction of sp³-hybridized carbons (Fsp3) is 0.562. The summed E-state index contributed by atoms with van der Waals surface area (Å²) >= 11 is 6.27. The third kappa shape index (κ3) is 3.53. The SMILES string of the molecule is CCCOC(CC)(CC)N(C(C)=O)c1ccccc1Cl. The first-order valence-electron chi connectivity index (χ1n) is 7.21. The minimum absolute atomic E-state index is 0.0575. The second-order valence-electron chi connectivity index (χ2n) is 4.81. The van der Waals surface area contributed by atoms with Gasteiger partial charge in [-0.25, -0.2) is 0 Å². The number of halogens is 1. The molecule has 4 heteroatoms. The Balaban J connectivity index is 3.28. The number of ether oxygens (including phenoxy) is 1. The lowest BCUT2D eigenvalue weighted by Gasteiger charge is -2.42. The van der Waals surface area contributed by atoms with Crippen molar-refractivity contribution in [3.8, 4) is 0 Å². The lowest BCUT2D eigenvalue weighted by atomic mass is 10.0. The molecule has 0 saturated carbocycles. The Morgan fingerprint density at radius 1 is 1.25 bits per heavy atom. The first-order valence-corrected chi connectivity index (χ1v) is 7.59. The average Bonchev–Trinajstić information content (AvgIpc) is 2.45. The van der Waals surface area contributed by atoms with Crippen LogP contribution >= 0.6 is 11.6 Å². The zero-order valence-corrected chi connectivity index (χ0v) is 13.5. The van der Waals surface area contributed by atoms with Gasteiger partial charge in [-0.15, -0.1) is 0 Å². The maximum Gasteiger partial charge on any atom is 0.226 e. The molecule has 0 aliphatic carbocycles. The van der Waals surface area contributed by atoms with Crippen LogP contribution in [0.2, 0.25) is 5.02 Å². The highest BCUT2D eigenvalue weighted by atomic mass is 35.5. The number of nitrogens with zero attached hydrogens (tertiary/aromatic N) is 1. The van der Waals surface area contributed by atoms with E-state index in [2.05, 4.69) is 6.92 Å². The zero-order chi connectivity index (χ0) is 15.2. The molecule has 1 amide bonds. The van der Waals surface area contributed by atoms with Gasteiger partial charge in [0.25, 0.3) is 0 Å². The van der Waals surface area contributed by atoms with Crippen molar-refractivity contribution >= 4 is 23.2 Å². The van der Waals surface area contributed by atoms with Crippen LogP contribution in [0.15, 0.2) is 24.3 Å². The highest BCUT2D eigenvalue weighted by Gasteiger charge is 2.38. The van der Waals surface area contributed by atoms with E-state index in [1.807, 2.05) is 32.0 Å². The molecule has 0 aliphatic heterocycles. The van der Waals surface area contributed by atoms with E-state index in [1.54, 1.807) is 17.9 Å². The first kappa shape index (κ1) is 17.0. The molecule has 0 spiro atoms. The van der Waals surface area contributed by atoms with E-state index >= 15 is 0 Å². The van der Waals surface area contributed by atoms with E-state index in [0.29, 0.717) is 30.2 Å². The number of hydrogen-bond donors (Lipinski definition) is 0. The molecule has 3 nitrogen and oxygen atoms in total. The Hall–Kier alpha value is -1.06. The normalized spacial score (nSPS) is 11.4. The Kier molecular flexibility index (Phi) is 6.50. The fourth-order valence-corrected chi connectivity index (χ4v) is 2.66. The number of carbonyl (C=O) groups is 1. The zero-order valence-electron chi connectivity index (χ0n) is 12.8. The van der Waals surface area contributed by atoms with Gasteiger partial charge in [-0.1, -0.05) is 44.5 Å². The number of anilines is 1. The molecular formula is C16H24ClNO2. The van der Waals surface area contributed by atoms with Crippen molar-refractivity contribution in [2.45, 2.75) is 52.7 Å². The molecule has 20 heavy (non-hydrogen) atoms. The molecule has 1 aromatic carbocycles. The second kappa shape index (κ2) is 7.65. The third-order valence-corrected chi connectivity index (χ3v) is 3.82. The number of hydrogen-bond acceptors (Lipinski definition) is 2. The number of carbonyl (C=O) groups excluding carboxylic acids is 1. The molecule has 0 unspecified atom stereocenters. The Morgan fingerprint density at radius 2 is 1.85 bits per heavy atom. The van der Waals surface area contributed by atoms with Crippen molar-refractivity contribution in [1.29, 1.82) is 0 Å². The summed E-state index contributed by atoms with van der Waals surface area (Å²) in [4.78, 5) is 13.9. The molecular weight excluding hydrogens is 274 g/mol. The van der Waals surface area contributed by atoms with Gasteiger partial charge in [0.05, 0.1) is 10.7 Å². The van der Waals surface area contributed by atoms with Crippen molar-refractivity contribution in [1.82, 2.24) is 0 Å². The second-order valence-corrected chi connectivity index (χ2v) is 5.21. The van der Waals surface area contributed by atoms with E-state index in [-0.39, 0.29) is 5.91 Å². The van der Waals surface area contributed by atoms with Crippen LogP contribution in [0, 0.1) is 0 Å². The van der Waals surface area contributed by atoms with Crippen LogP contribution in [0.1, 0.15) is 47.0 Å². The van der Waals surface area contributed by atoms with E-state index in [9.17, 15) is 4.79 Å². The molecule has 0 bridgehead atoms. The molecule has 0 N–H and O–H groups in total. The van der Waals surface area contributed by atoms with Crippen molar-refractivity contribution in [3.63, 3.8) is 0 Å². The van der Waals surface area contributed by atoms with Crippen molar-refractivity contribution in [3.05, 3.63) is 29.3 Å². The third-order valence-electron chi connectivity index (χ3n) is 3.50. The molecule has 1 aromatic rings. The summed E-state index contributed by atoms with van der Waals surface area (Å²) in [6.45, 7) is 8.30. The summed E-state index contributed by atoms with van der Waals surface area (Å²) in [6, 6.07) is 7.39. The molecule has 0 heterocycles. The van der Waals surface area contributed by atoms with Gasteiger partial charge in [0.2, 0.25) is 5.91 Å². The van der Waals surface area contributed by atoms with E-state index in [0.717, 1.165) is 6.42 Å². The fourth-order valence-electron chi connectivity index (χ4n) is 2.44. The van der Waals surface area contributed by atoms with Crippen LogP contribution in [0.3, 0.4) is 0 Å². The summed E-state index contributed by atoms with van der Waals surface area (Å²) in [5, 5.41) is 0.564. The van der Waals surface area contributed by atoms with Crippen molar-refractivity contribution < 1.29 is 9.53 Å². The molecule has 112 valence electrons. The van der Waals surface area contributed by atoms with Crippen molar-refractivity contribution in [2.75, 3.05) is 11.5 Å². The highest BCUT2D eigenvalue weighted by molar-refractivity contribution is 6.33. The highest BCUT2D eigenvalue weighted by Crippen LogP contribution is 2.35. The summed E-state index contributed by atoms with van der Waals surface area (Å²) in [5.41, 5.74) is 0.0776. The summed E-state index contributed by atoms with van der Waals surface area (Å²) < 4.78 is 6.06. The van der Waals surface area contributed by atoms with Crippen LogP contribution in [-0.4, -0.2) is 18.2 Å². The topological polar surface area (TPSA) is 29.5 Å². The van der Waals surface area contributed by atoms with Crippen LogP contribution in [0.4, 0.5) is 5.69 Å². The summed E-state index contributed by atoms with van der Waals surface area (Å²) in [7, 11) is 0. The maximum absolute atomic E-state index is 12.2. The minimum Gasteiger partial charge on any atom is -0.355 e. The van der Waals surface area contributed by atoms with Crippen LogP contribution in [0.25, 0.3) is 0 Å². The van der Waals surface area contributed by atoms with Gasteiger partial charge < -0.3 is 4.74 Å². The smallest absolute Gasteiger partial charge is 0.226 e. The Labute approximate surface area is 126 Å². The number of amides is 1. The van der Waals surface area contributed by atoms with Crippen molar-refractivity contribution in [2.24, 2.45) is 0 Å². The monoisotopic (exact) mass is 297 g/mol. The van der Waals surface area contributed by atoms with Gasteiger partial charge in [-0.05, 0) is 31.4 Å². The average molecular weight is 298 g/mol. The van der Waals surface area contributed by atoms with Gasteiger partial charge in [0, 0.05) is 13.5 Å². The quantitative estimate of drug-likeness (QED) is 0.686. The molecule has 0 saturated heterocycles. The molecule has 0 atom stereocenters. The van der Waals surface area contributed by atoms with Gasteiger partial charge in [-0.2, -0.15) is 0 Å². The molecule has 0 aliphatic rings. The molecule has 1 rings (SSSR count). The van der Waals surface area contributed by atoms with Crippen LogP contribution in [0.5, 0.6) is 0 Å². The molecule has 0 fully saturated rings. The predicted octanol–water partition coefficient (Wildman–Crippen LogP) is 4.64.